The number of aliphatic hydroxyl groups excluding tert-OH is 3. The number of carbonyl (C=O) groups excluding carboxylic acids is 5. The summed E-state index contributed by atoms with van der Waals surface area (Å²) in [6.07, 6.45) is -13.4. The predicted molar refractivity (Wildman–Crippen MR) is 137 cm³/mol. The number of imide groups is 1. The molecule has 3 aliphatic rings. The van der Waals surface area contributed by atoms with Crippen molar-refractivity contribution in [2.75, 3.05) is 20.3 Å². The fourth-order valence-electron chi connectivity index (χ4n) is 5.32. The van der Waals surface area contributed by atoms with Gasteiger partial charge in [-0.05, 0) is 12.1 Å². The minimum absolute atomic E-state index is 0.0568. The van der Waals surface area contributed by atoms with Gasteiger partial charge in [0.15, 0.2) is 30.9 Å². The number of esters is 3. The van der Waals surface area contributed by atoms with Gasteiger partial charge in [-0.15, -0.1) is 0 Å². The van der Waals surface area contributed by atoms with Crippen LogP contribution >= 0.6 is 0 Å². The minimum atomic E-state index is -1.68. The van der Waals surface area contributed by atoms with E-state index in [1.54, 1.807) is 12.1 Å². The Morgan fingerprint density at radius 2 is 1.28 bits per heavy atom. The molecule has 16 nitrogen and oxygen atoms in total. The summed E-state index contributed by atoms with van der Waals surface area (Å²) in [7, 11) is 1.22. The lowest BCUT2D eigenvalue weighted by atomic mass is 9.95. The normalized spacial score (nSPS) is 34.0. The molecule has 2 fully saturated rings. The lowest BCUT2D eigenvalue weighted by Crippen LogP contribution is -2.67. The number of hydrogen-bond donors (Lipinski definition) is 3. The number of ether oxygens (including phenoxy) is 7. The topological polar surface area (TPSA) is 214 Å². The number of methoxy groups -OCH3 is 1. The number of carbonyl (C=O) groups is 5. The van der Waals surface area contributed by atoms with E-state index >= 15 is 0 Å². The summed E-state index contributed by atoms with van der Waals surface area (Å²) in [6.45, 7) is 1.90. The molecule has 0 bridgehead atoms. The Labute approximate surface area is 245 Å². The van der Waals surface area contributed by atoms with Crippen molar-refractivity contribution < 1.29 is 72.5 Å². The number of hydrogen-bond acceptors (Lipinski definition) is 15. The Morgan fingerprint density at radius 3 is 1.79 bits per heavy atom. The Morgan fingerprint density at radius 1 is 0.791 bits per heavy atom. The molecule has 2 amide bonds. The van der Waals surface area contributed by atoms with E-state index in [0.717, 1.165) is 25.7 Å². The van der Waals surface area contributed by atoms with Crippen LogP contribution in [0.1, 0.15) is 41.5 Å². The standard InChI is InChI=1S/C27H33NO15/c1-11(30)39-21-18(28-24(35)14-7-5-6-8-15(14)25(28)36)26(42-16(9-29)19(21)33)38-10-17-20(34)22(40-12(2)31)23(41-13(3)32)27(37-4)43-17/h5-8,16-23,26-27,29,33-34H,9-10H2,1-4H3/t16-,17-,18-,19-,20-,21-,22+,23-,26-,27+/m1/s1. The Hall–Kier alpha value is -3.51. The zero-order valence-electron chi connectivity index (χ0n) is 23.7. The fourth-order valence-corrected chi connectivity index (χ4v) is 5.32. The second-order valence-corrected chi connectivity index (χ2v) is 10.1. The van der Waals surface area contributed by atoms with Crippen LogP contribution in [-0.2, 0) is 47.5 Å². The van der Waals surface area contributed by atoms with Crippen molar-refractivity contribution in [3.05, 3.63) is 35.4 Å². The van der Waals surface area contributed by atoms with Gasteiger partial charge < -0.3 is 48.5 Å². The SMILES string of the molecule is CO[C@H]1O[C@H](CO[C@@H]2O[C@H](CO)[C@@H](O)[C@H](OC(C)=O)[C@H]2N2C(=O)c3ccccc3C2=O)[C@@H](O)[C@H](OC(C)=O)[C@H]1OC(C)=O. The van der Waals surface area contributed by atoms with Gasteiger partial charge in [-0.1, -0.05) is 12.1 Å². The van der Waals surface area contributed by atoms with Crippen molar-refractivity contribution in [2.45, 2.75) is 82.1 Å². The number of aliphatic hydroxyl groups is 3. The first kappa shape index (κ1) is 32.4. The zero-order chi connectivity index (χ0) is 31.6. The van der Waals surface area contributed by atoms with E-state index < -0.39 is 104 Å². The molecule has 2 saturated heterocycles. The highest BCUT2D eigenvalue weighted by atomic mass is 16.7. The van der Waals surface area contributed by atoms with E-state index in [4.69, 9.17) is 33.2 Å². The Bertz CT molecular complexity index is 1200. The number of rotatable bonds is 9. The van der Waals surface area contributed by atoms with Crippen LogP contribution in [0.5, 0.6) is 0 Å². The third-order valence-corrected chi connectivity index (χ3v) is 7.13. The highest BCUT2D eigenvalue weighted by Gasteiger charge is 2.56. The summed E-state index contributed by atoms with van der Waals surface area (Å²) in [5.41, 5.74) is 0.114. The summed E-state index contributed by atoms with van der Waals surface area (Å²) < 4.78 is 38.3. The van der Waals surface area contributed by atoms with Crippen LogP contribution in [0.25, 0.3) is 0 Å². The summed E-state index contributed by atoms with van der Waals surface area (Å²) in [6, 6.07) is 4.39. The average Bonchev–Trinajstić information content (AvgIpc) is 3.20. The van der Waals surface area contributed by atoms with Crippen LogP contribution in [0.15, 0.2) is 24.3 Å². The molecule has 3 N–H and O–H groups in total. The Kier molecular flexibility index (Phi) is 10.1. The quantitative estimate of drug-likeness (QED) is 0.161. The van der Waals surface area contributed by atoms with Crippen LogP contribution in [-0.4, -0.2) is 132 Å². The lowest BCUT2D eigenvalue weighted by Gasteiger charge is -2.47. The Balaban J connectivity index is 1.65. The van der Waals surface area contributed by atoms with Crippen LogP contribution in [0.3, 0.4) is 0 Å². The molecule has 1 aromatic carbocycles. The second kappa shape index (κ2) is 13.4. The van der Waals surface area contributed by atoms with Gasteiger partial charge >= 0.3 is 17.9 Å². The maximum Gasteiger partial charge on any atom is 0.303 e. The molecule has 16 heteroatoms. The van der Waals surface area contributed by atoms with Gasteiger partial charge in [-0.2, -0.15) is 0 Å². The predicted octanol–water partition coefficient (Wildman–Crippen LogP) is -1.73. The second-order valence-electron chi connectivity index (χ2n) is 10.1. The van der Waals surface area contributed by atoms with Gasteiger partial charge in [0, 0.05) is 27.9 Å². The molecular formula is C27H33NO15. The van der Waals surface area contributed by atoms with Crippen molar-refractivity contribution in [1.82, 2.24) is 4.90 Å². The summed E-state index contributed by atoms with van der Waals surface area (Å²) in [4.78, 5) is 63.1. The van der Waals surface area contributed by atoms with E-state index in [1.807, 2.05) is 0 Å². The van der Waals surface area contributed by atoms with Gasteiger partial charge in [0.05, 0.1) is 24.3 Å². The number of nitrogens with zero attached hydrogens (tertiary/aromatic N) is 1. The summed E-state index contributed by atoms with van der Waals surface area (Å²) in [5, 5.41) is 31.9. The maximum atomic E-state index is 13.4. The van der Waals surface area contributed by atoms with Crippen LogP contribution in [0, 0.1) is 0 Å². The van der Waals surface area contributed by atoms with Crippen molar-refractivity contribution in [3.63, 3.8) is 0 Å². The molecule has 0 unspecified atom stereocenters. The van der Waals surface area contributed by atoms with Gasteiger partial charge in [0.25, 0.3) is 11.8 Å². The van der Waals surface area contributed by atoms with E-state index in [2.05, 4.69) is 0 Å². The molecule has 0 aromatic heterocycles. The monoisotopic (exact) mass is 611 g/mol. The molecule has 0 radical (unpaired) electrons. The average molecular weight is 612 g/mol. The van der Waals surface area contributed by atoms with E-state index in [-0.39, 0.29) is 11.1 Å². The molecule has 4 rings (SSSR count). The first-order chi connectivity index (χ1) is 20.4. The number of amides is 2. The van der Waals surface area contributed by atoms with Crippen LogP contribution < -0.4 is 0 Å². The molecule has 0 spiro atoms. The number of fused-ring (bicyclic) bond motifs is 1. The summed E-state index contributed by atoms with van der Waals surface area (Å²) in [5.74, 6) is -3.98. The molecule has 0 aliphatic carbocycles. The first-order valence-corrected chi connectivity index (χ1v) is 13.3. The summed E-state index contributed by atoms with van der Waals surface area (Å²) >= 11 is 0. The molecule has 3 heterocycles. The molecule has 43 heavy (non-hydrogen) atoms. The molecule has 10 atom stereocenters. The van der Waals surface area contributed by atoms with Crippen LogP contribution in [0.2, 0.25) is 0 Å². The molecule has 236 valence electrons. The van der Waals surface area contributed by atoms with Crippen molar-refractivity contribution in [1.29, 1.82) is 0 Å². The van der Waals surface area contributed by atoms with E-state index in [9.17, 15) is 39.3 Å². The largest absolute Gasteiger partial charge is 0.457 e. The van der Waals surface area contributed by atoms with Crippen molar-refractivity contribution >= 4 is 29.7 Å². The minimum Gasteiger partial charge on any atom is -0.457 e. The van der Waals surface area contributed by atoms with Gasteiger partial charge in [-0.3, -0.25) is 28.9 Å². The third-order valence-electron chi connectivity index (χ3n) is 7.13. The molecule has 1 aromatic rings. The van der Waals surface area contributed by atoms with E-state index in [1.165, 1.54) is 19.2 Å². The highest BCUT2D eigenvalue weighted by molar-refractivity contribution is 6.21. The van der Waals surface area contributed by atoms with Gasteiger partial charge in [0.1, 0.15) is 30.5 Å². The fraction of sp³-hybridized carbons (Fsp3) is 0.593. The zero-order valence-corrected chi connectivity index (χ0v) is 23.7. The molecular weight excluding hydrogens is 578 g/mol. The van der Waals surface area contributed by atoms with Gasteiger partial charge in [-0.25, -0.2) is 0 Å². The first-order valence-electron chi connectivity index (χ1n) is 13.3. The lowest BCUT2D eigenvalue weighted by molar-refractivity contribution is -0.321. The highest BCUT2D eigenvalue weighted by Crippen LogP contribution is 2.35. The third kappa shape index (κ3) is 6.54. The smallest absolute Gasteiger partial charge is 0.303 e. The van der Waals surface area contributed by atoms with Crippen molar-refractivity contribution in [2.24, 2.45) is 0 Å². The van der Waals surface area contributed by atoms with Gasteiger partial charge in [0.2, 0.25) is 0 Å². The molecule has 3 aliphatic heterocycles. The number of benzene rings is 1. The van der Waals surface area contributed by atoms with Crippen molar-refractivity contribution in [3.8, 4) is 0 Å². The van der Waals surface area contributed by atoms with Crippen LogP contribution in [0.4, 0.5) is 0 Å². The van der Waals surface area contributed by atoms with E-state index in [0.29, 0.717) is 0 Å². The maximum absolute atomic E-state index is 13.4. The molecule has 0 saturated carbocycles.